The molecule has 0 atom stereocenters. The number of hydrogen-bond acceptors (Lipinski definition) is 2. The van der Waals surface area contributed by atoms with Crippen LogP contribution in [-0.2, 0) is 0 Å². The van der Waals surface area contributed by atoms with Gasteiger partial charge in [0.05, 0.1) is 0 Å². The van der Waals surface area contributed by atoms with Crippen LogP contribution in [-0.4, -0.2) is 16.4 Å². The average molecular weight is 236 g/mol. The first kappa shape index (κ1) is 12.0. The van der Waals surface area contributed by atoms with Crippen LogP contribution in [0.15, 0.2) is 18.2 Å². The third-order valence-corrected chi connectivity index (χ3v) is 3.32. The molecule has 1 fully saturated rings. The second-order valence-corrected chi connectivity index (χ2v) is 4.92. The van der Waals surface area contributed by atoms with Gasteiger partial charge in [-0.05, 0) is 31.9 Å². The Hall–Kier alpha value is -1.45. The zero-order valence-corrected chi connectivity index (χ0v) is 10.0. The Morgan fingerprint density at radius 2 is 2.06 bits per heavy atom. The molecule has 0 aliphatic heterocycles. The largest absolute Gasteiger partial charge is 0.346 e. The average Bonchev–Trinajstić information content (AvgIpc) is 2.29. The molecule has 4 heteroatoms. The molecule has 0 aromatic carbocycles. The second-order valence-electron chi connectivity index (χ2n) is 4.92. The van der Waals surface area contributed by atoms with Gasteiger partial charge in [0.25, 0.3) is 5.91 Å². The van der Waals surface area contributed by atoms with E-state index in [1.807, 2.05) is 6.92 Å². The smallest absolute Gasteiger partial charge is 0.270 e. The Bertz CT molecular complexity index is 414. The molecular formula is C13H17FN2O. The third-order valence-electron chi connectivity index (χ3n) is 3.32. The van der Waals surface area contributed by atoms with Crippen molar-refractivity contribution >= 4 is 5.91 Å². The van der Waals surface area contributed by atoms with Crippen molar-refractivity contribution in [2.24, 2.45) is 0 Å². The lowest BCUT2D eigenvalue weighted by Crippen LogP contribution is -2.47. The maximum Gasteiger partial charge on any atom is 0.270 e. The number of carbonyl (C=O) groups is 1. The Kier molecular flexibility index (Phi) is 3.41. The first-order chi connectivity index (χ1) is 8.09. The van der Waals surface area contributed by atoms with E-state index < -0.39 is 5.95 Å². The van der Waals surface area contributed by atoms with Crippen LogP contribution in [0.5, 0.6) is 0 Å². The van der Waals surface area contributed by atoms with Crippen LogP contribution in [0.2, 0.25) is 0 Å². The van der Waals surface area contributed by atoms with Crippen molar-refractivity contribution in [3.8, 4) is 0 Å². The van der Waals surface area contributed by atoms with Crippen molar-refractivity contribution in [3.63, 3.8) is 0 Å². The predicted molar refractivity (Wildman–Crippen MR) is 63.2 cm³/mol. The number of pyridine rings is 1. The Labute approximate surface area is 100 Å². The maximum absolute atomic E-state index is 12.9. The van der Waals surface area contributed by atoms with E-state index in [-0.39, 0.29) is 17.1 Å². The molecule has 2 rings (SSSR count). The summed E-state index contributed by atoms with van der Waals surface area (Å²) < 4.78 is 12.9. The lowest BCUT2D eigenvalue weighted by molar-refractivity contribution is 0.0876. The molecule has 0 bridgehead atoms. The van der Waals surface area contributed by atoms with Gasteiger partial charge in [0.2, 0.25) is 5.95 Å². The van der Waals surface area contributed by atoms with E-state index in [0.29, 0.717) is 0 Å². The standard InChI is InChI=1S/C13H17FN2O/c1-13(8-3-2-4-9-13)16-12(17)10-6-5-7-11(14)15-10/h5-7H,2-4,8-9H2,1H3,(H,16,17). The summed E-state index contributed by atoms with van der Waals surface area (Å²) in [5.74, 6) is -0.902. The van der Waals surface area contributed by atoms with Gasteiger partial charge in [-0.1, -0.05) is 25.3 Å². The molecule has 1 N–H and O–H groups in total. The highest BCUT2D eigenvalue weighted by Gasteiger charge is 2.28. The number of rotatable bonds is 2. The van der Waals surface area contributed by atoms with E-state index >= 15 is 0 Å². The number of halogens is 1. The monoisotopic (exact) mass is 236 g/mol. The molecule has 1 saturated carbocycles. The molecule has 1 aliphatic rings. The third kappa shape index (κ3) is 3.02. The zero-order chi connectivity index (χ0) is 12.3. The van der Waals surface area contributed by atoms with Crippen molar-refractivity contribution in [1.29, 1.82) is 0 Å². The van der Waals surface area contributed by atoms with Gasteiger partial charge in [-0.15, -0.1) is 0 Å². The summed E-state index contributed by atoms with van der Waals surface area (Å²) in [4.78, 5) is 15.5. The summed E-state index contributed by atoms with van der Waals surface area (Å²) in [6, 6.07) is 4.27. The van der Waals surface area contributed by atoms with Gasteiger partial charge in [0.15, 0.2) is 0 Å². The molecule has 1 aromatic rings. The van der Waals surface area contributed by atoms with Gasteiger partial charge >= 0.3 is 0 Å². The van der Waals surface area contributed by atoms with Gasteiger partial charge in [0, 0.05) is 5.54 Å². The molecule has 0 saturated heterocycles. The minimum absolute atomic E-state index is 0.150. The summed E-state index contributed by atoms with van der Waals surface area (Å²) >= 11 is 0. The number of nitrogens with one attached hydrogen (secondary N) is 1. The van der Waals surface area contributed by atoms with Gasteiger partial charge in [0.1, 0.15) is 5.69 Å². The van der Waals surface area contributed by atoms with E-state index in [2.05, 4.69) is 10.3 Å². The maximum atomic E-state index is 12.9. The molecule has 92 valence electrons. The minimum Gasteiger partial charge on any atom is -0.346 e. The van der Waals surface area contributed by atoms with Crippen molar-refractivity contribution in [1.82, 2.24) is 10.3 Å². The van der Waals surface area contributed by atoms with E-state index in [4.69, 9.17) is 0 Å². The minimum atomic E-state index is -0.619. The van der Waals surface area contributed by atoms with Crippen LogP contribution in [0.3, 0.4) is 0 Å². The first-order valence-electron chi connectivity index (χ1n) is 6.04. The van der Waals surface area contributed by atoms with Crippen molar-refractivity contribution in [2.75, 3.05) is 0 Å². The Morgan fingerprint density at radius 1 is 1.35 bits per heavy atom. The quantitative estimate of drug-likeness (QED) is 0.802. The fourth-order valence-electron chi connectivity index (χ4n) is 2.33. The molecule has 1 amide bonds. The summed E-state index contributed by atoms with van der Waals surface area (Å²) in [5.41, 5.74) is -0.0135. The topological polar surface area (TPSA) is 42.0 Å². The molecule has 1 aromatic heterocycles. The highest BCUT2D eigenvalue weighted by molar-refractivity contribution is 5.92. The van der Waals surface area contributed by atoms with E-state index in [0.717, 1.165) is 25.7 Å². The molecule has 3 nitrogen and oxygen atoms in total. The fraction of sp³-hybridized carbons (Fsp3) is 0.538. The normalized spacial score (nSPS) is 18.7. The lowest BCUT2D eigenvalue weighted by Gasteiger charge is -2.34. The molecule has 0 unspecified atom stereocenters. The highest BCUT2D eigenvalue weighted by Crippen LogP contribution is 2.27. The molecule has 0 radical (unpaired) electrons. The van der Waals surface area contributed by atoms with Gasteiger partial charge in [-0.2, -0.15) is 4.39 Å². The van der Waals surface area contributed by atoms with Crippen LogP contribution in [0.1, 0.15) is 49.5 Å². The van der Waals surface area contributed by atoms with Crippen LogP contribution in [0.4, 0.5) is 4.39 Å². The number of amides is 1. The fourth-order valence-corrected chi connectivity index (χ4v) is 2.33. The molecule has 17 heavy (non-hydrogen) atoms. The number of aromatic nitrogens is 1. The van der Waals surface area contributed by atoms with Gasteiger partial charge in [-0.3, -0.25) is 4.79 Å². The molecule has 1 aliphatic carbocycles. The number of carbonyl (C=O) groups excluding carboxylic acids is 1. The van der Waals surface area contributed by atoms with Crippen LogP contribution < -0.4 is 5.32 Å². The number of hydrogen-bond donors (Lipinski definition) is 1. The SMILES string of the molecule is CC1(NC(=O)c2cccc(F)n2)CCCCC1. The molecular weight excluding hydrogens is 219 g/mol. The molecule has 0 spiro atoms. The second kappa shape index (κ2) is 4.82. The summed E-state index contributed by atoms with van der Waals surface area (Å²) in [7, 11) is 0. The lowest BCUT2D eigenvalue weighted by atomic mass is 9.83. The van der Waals surface area contributed by atoms with Crippen LogP contribution in [0, 0.1) is 5.95 Å². The van der Waals surface area contributed by atoms with Crippen molar-refractivity contribution in [2.45, 2.75) is 44.6 Å². The van der Waals surface area contributed by atoms with Gasteiger partial charge < -0.3 is 5.32 Å². The summed E-state index contributed by atoms with van der Waals surface area (Å²) in [6.07, 6.45) is 5.45. The molecule has 1 heterocycles. The Morgan fingerprint density at radius 3 is 2.71 bits per heavy atom. The first-order valence-corrected chi connectivity index (χ1v) is 6.04. The van der Waals surface area contributed by atoms with Crippen LogP contribution in [0.25, 0.3) is 0 Å². The number of nitrogens with zero attached hydrogens (tertiary/aromatic N) is 1. The highest BCUT2D eigenvalue weighted by atomic mass is 19.1. The van der Waals surface area contributed by atoms with Crippen molar-refractivity contribution in [3.05, 3.63) is 29.8 Å². The van der Waals surface area contributed by atoms with E-state index in [1.165, 1.54) is 24.6 Å². The van der Waals surface area contributed by atoms with E-state index in [1.54, 1.807) is 0 Å². The summed E-state index contributed by atoms with van der Waals surface area (Å²) in [5, 5.41) is 2.97. The van der Waals surface area contributed by atoms with E-state index in [9.17, 15) is 9.18 Å². The van der Waals surface area contributed by atoms with Crippen LogP contribution >= 0.6 is 0 Å². The summed E-state index contributed by atoms with van der Waals surface area (Å²) in [6.45, 7) is 2.04. The Balaban J connectivity index is 2.06. The van der Waals surface area contributed by atoms with Gasteiger partial charge in [-0.25, -0.2) is 4.98 Å². The predicted octanol–water partition coefficient (Wildman–Crippen LogP) is 2.67. The zero-order valence-electron chi connectivity index (χ0n) is 10.0. The van der Waals surface area contributed by atoms with Crippen molar-refractivity contribution < 1.29 is 9.18 Å².